The number of anilines is 1. The molecule has 0 fully saturated rings. The first-order valence-electron chi connectivity index (χ1n) is 15.2. The van der Waals surface area contributed by atoms with E-state index in [1.807, 2.05) is 43.3 Å². The van der Waals surface area contributed by atoms with E-state index in [1.165, 1.54) is 7.11 Å². The van der Waals surface area contributed by atoms with Crippen molar-refractivity contribution in [2.45, 2.75) is 65.0 Å². The maximum absolute atomic E-state index is 14.3. The molecule has 0 atom stereocenters. The molecule has 0 aliphatic rings. The lowest BCUT2D eigenvalue weighted by Gasteiger charge is -2.23. The Hall–Kier alpha value is -4.57. The van der Waals surface area contributed by atoms with Gasteiger partial charge in [-0.05, 0) is 62.1 Å². The van der Waals surface area contributed by atoms with E-state index < -0.39 is 10.0 Å². The number of methoxy groups -OCH3 is 1. The van der Waals surface area contributed by atoms with Gasteiger partial charge < -0.3 is 18.6 Å². The molecule has 2 aromatic carbocycles. The van der Waals surface area contributed by atoms with Crippen LogP contribution in [0, 0.1) is 25.2 Å². The number of nitriles is 1. The number of benzene rings is 2. The van der Waals surface area contributed by atoms with Gasteiger partial charge in [-0.2, -0.15) is 5.26 Å². The highest BCUT2D eigenvalue weighted by Crippen LogP contribution is 2.35. The highest BCUT2D eigenvalue weighted by atomic mass is 32.2. The summed E-state index contributed by atoms with van der Waals surface area (Å²) in [6, 6.07) is 18.8. The average Bonchev–Trinajstić information content (AvgIpc) is 3.56. The van der Waals surface area contributed by atoms with E-state index in [1.54, 1.807) is 32.0 Å². The first-order valence-corrected chi connectivity index (χ1v) is 16.6. The van der Waals surface area contributed by atoms with Gasteiger partial charge in [0.05, 0.1) is 36.2 Å². The molecule has 0 N–H and O–H groups in total. The molecule has 240 valence electrons. The molecule has 0 saturated heterocycles. The number of hydrogen-bond acceptors (Lipinski definition) is 9. The van der Waals surface area contributed by atoms with Crippen molar-refractivity contribution in [2.24, 2.45) is 0 Å². The fourth-order valence-electron chi connectivity index (χ4n) is 5.40. The van der Waals surface area contributed by atoms with E-state index in [-0.39, 0.29) is 30.5 Å². The molecule has 0 aliphatic heterocycles. The number of imidazole rings is 1. The molecule has 3 aromatic heterocycles. The van der Waals surface area contributed by atoms with Crippen molar-refractivity contribution in [1.82, 2.24) is 19.7 Å². The molecule has 0 amide bonds. The van der Waals surface area contributed by atoms with Gasteiger partial charge in [0.2, 0.25) is 0 Å². The molecule has 0 bridgehead atoms. The number of hydrogen-bond donors (Lipinski definition) is 0. The molecule has 11 nitrogen and oxygen atoms in total. The summed E-state index contributed by atoms with van der Waals surface area (Å²) in [4.78, 5) is 9.71. The SMILES string of the molecule is CCCc1nc2ccc(CC#N)nc2n1Cc1ccc(-c2ccccc2S(=O)(=O)N(COC)c2noc(C)c2C)c(COCC)c1. The van der Waals surface area contributed by atoms with Crippen LogP contribution < -0.4 is 4.31 Å². The fraction of sp³-hybridized carbons (Fsp3) is 0.353. The standard InChI is InChI=1S/C34H38N6O5S/c1-6-10-32-37-30-16-14-27(17-18-35)36-34(30)39(32)20-25-13-15-28(26(19-25)21-44-7-2)29-11-8-9-12-31(29)46(41,42)40(22-43-5)33-23(3)24(4)45-38-33/h8-9,11-16,19H,6-7,10,17,20-22H2,1-5H3. The van der Waals surface area contributed by atoms with Gasteiger partial charge in [0.25, 0.3) is 10.0 Å². The molecule has 12 heteroatoms. The van der Waals surface area contributed by atoms with Gasteiger partial charge >= 0.3 is 0 Å². The Morgan fingerprint density at radius 2 is 1.85 bits per heavy atom. The number of aryl methyl sites for hydroxylation is 2. The van der Waals surface area contributed by atoms with E-state index >= 15 is 0 Å². The van der Waals surface area contributed by atoms with Crippen molar-refractivity contribution in [2.75, 3.05) is 24.8 Å². The zero-order valence-corrected chi connectivity index (χ0v) is 27.6. The third kappa shape index (κ3) is 6.53. The molecule has 0 radical (unpaired) electrons. The molecule has 5 aromatic rings. The second-order valence-electron chi connectivity index (χ2n) is 10.9. The lowest BCUT2D eigenvalue weighted by molar-refractivity contribution is 0.134. The maximum atomic E-state index is 14.3. The van der Waals surface area contributed by atoms with Crippen molar-refractivity contribution in [3.05, 3.63) is 88.6 Å². The van der Waals surface area contributed by atoms with Crippen molar-refractivity contribution < 1.29 is 22.4 Å². The largest absolute Gasteiger partial charge is 0.377 e. The highest BCUT2D eigenvalue weighted by molar-refractivity contribution is 7.93. The number of pyridine rings is 1. The van der Waals surface area contributed by atoms with E-state index in [0.717, 1.165) is 50.8 Å². The summed E-state index contributed by atoms with van der Waals surface area (Å²) in [5.41, 5.74) is 5.93. The fourth-order valence-corrected chi connectivity index (χ4v) is 6.99. The van der Waals surface area contributed by atoms with Crippen molar-refractivity contribution >= 4 is 27.0 Å². The Labute approximate surface area is 269 Å². The third-order valence-electron chi connectivity index (χ3n) is 7.80. The van der Waals surface area contributed by atoms with Crippen LogP contribution in [0.25, 0.3) is 22.3 Å². The number of fused-ring (bicyclic) bond motifs is 1. The summed E-state index contributed by atoms with van der Waals surface area (Å²) in [6.45, 7) is 8.57. The summed E-state index contributed by atoms with van der Waals surface area (Å²) in [5, 5.41) is 13.3. The first-order chi connectivity index (χ1) is 22.2. The lowest BCUT2D eigenvalue weighted by Crippen LogP contribution is -2.34. The summed E-state index contributed by atoms with van der Waals surface area (Å²) in [6.07, 6.45) is 1.92. The van der Waals surface area contributed by atoms with Crippen LogP contribution >= 0.6 is 0 Å². The second kappa shape index (κ2) is 14.2. The van der Waals surface area contributed by atoms with Gasteiger partial charge in [-0.1, -0.05) is 48.5 Å². The molecule has 0 aliphatic carbocycles. The maximum Gasteiger partial charge on any atom is 0.268 e. The zero-order chi connectivity index (χ0) is 32.8. The monoisotopic (exact) mass is 642 g/mol. The van der Waals surface area contributed by atoms with Crippen LogP contribution in [-0.4, -0.2) is 48.6 Å². The van der Waals surface area contributed by atoms with Gasteiger partial charge in [0, 0.05) is 31.3 Å². The van der Waals surface area contributed by atoms with Crippen LogP contribution in [0.2, 0.25) is 0 Å². The predicted octanol–water partition coefficient (Wildman–Crippen LogP) is 6.11. The molecule has 0 unspecified atom stereocenters. The quantitative estimate of drug-likeness (QED) is 0.132. The summed E-state index contributed by atoms with van der Waals surface area (Å²) >= 11 is 0. The lowest BCUT2D eigenvalue weighted by atomic mass is 9.97. The van der Waals surface area contributed by atoms with E-state index in [9.17, 15) is 13.7 Å². The minimum atomic E-state index is -4.14. The van der Waals surface area contributed by atoms with Crippen molar-refractivity contribution in [3.63, 3.8) is 0 Å². The Morgan fingerprint density at radius 3 is 2.54 bits per heavy atom. The molecule has 46 heavy (non-hydrogen) atoms. The van der Waals surface area contributed by atoms with Crippen LogP contribution in [0.15, 0.2) is 64.0 Å². The molecular formula is C34H38N6O5S. The van der Waals surface area contributed by atoms with Gasteiger partial charge in [-0.3, -0.25) is 0 Å². The number of ether oxygens (including phenoxy) is 2. The highest BCUT2D eigenvalue weighted by Gasteiger charge is 2.32. The van der Waals surface area contributed by atoms with Crippen LogP contribution in [0.4, 0.5) is 5.82 Å². The van der Waals surface area contributed by atoms with Gasteiger partial charge in [-0.15, -0.1) is 0 Å². The Bertz CT molecular complexity index is 1990. The third-order valence-corrected chi connectivity index (χ3v) is 9.57. The van der Waals surface area contributed by atoms with Gasteiger partial charge in [-0.25, -0.2) is 22.7 Å². The first kappa shape index (κ1) is 32.8. The molecule has 3 heterocycles. The second-order valence-corrected chi connectivity index (χ2v) is 12.8. The summed E-state index contributed by atoms with van der Waals surface area (Å²) in [7, 11) is -2.70. The van der Waals surface area contributed by atoms with Crippen molar-refractivity contribution in [3.8, 4) is 17.2 Å². The topological polar surface area (TPSA) is 136 Å². The number of aromatic nitrogens is 4. The normalized spacial score (nSPS) is 11.7. The van der Waals surface area contributed by atoms with Gasteiger partial charge in [0.15, 0.2) is 11.5 Å². The number of sulfonamides is 1. The van der Waals surface area contributed by atoms with Gasteiger partial charge in [0.1, 0.15) is 23.8 Å². The average molecular weight is 643 g/mol. The number of nitrogens with zero attached hydrogens (tertiary/aromatic N) is 6. The Balaban J connectivity index is 1.60. The molecule has 5 rings (SSSR count). The minimum absolute atomic E-state index is 0.109. The molecule has 0 saturated carbocycles. The van der Waals surface area contributed by atoms with E-state index in [4.69, 9.17) is 24.0 Å². The number of rotatable bonds is 14. The predicted molar refractivity (Wildman–Crippen MR) is 175 cm³/mol. The smallest absolute Gasteiger partial charge is 0.268 e. The zero-order valence-electron chi connectivity index (χ0n) is 26.8. The Kier molecular flexibility index (Phi) is 10.2. The Morgan fingerprint density at radius 1 is 1.04 bits per heavy atom. The molecule has 0 spiro atoms. The van der Waals surface area contributed by atoms with Crippen LogP contribution in [0.5, 0.6) is 0 Å². The van der Waals surface area contributed by atoms with Crippen LogP contribution in [0.1, 0.15) is 54.2 Å². The van der Waals surface area contributed by atoms with Crippen molar-refractivity contribution in [1.29, 1.82) is 5.26 Å². The van der Waals surface area contributed by atoms with Crippen LogP contribution in [-0.2, 0) is 45.5 Å². The minimum Gasteiger partial charge on any atom is -0.377 e. The van der Waals surface area contributed by atoms with E-state index in [2.05, 4.69) is 22.7 Å². The molecular weight excluding hydrogens is 604 g/mol. The van der Waals surface area contributed by atoms with Crippen LogP contribution in [0.3, 0.4) is 0 Å². The summed E-state index contributed by atoms with van der Waals surface area (Å²) in [5.74, 6) is 1.63. The van der Waals surface area contributed by atoms with E-state index in [0.29, 0.717) is 35.7 Å². The summed E-state index contributed by atoms with van der Waals surface area (Å²) < 4.78 is 48.3.